The third-order valence-electron chi connectivity index (χ3n) is 5.71. The summed E-state index contributed by atoms with van der Waals surface area (Å²) >= 11 is 1.42. The van der Waals surface area contributed by atoms with E-state index in [-0.39, 0.29) is 5.91 Å². The number of carbonyl (C=O) groups is 1. The van der Waals surface area contributed by atoms with E-state index in [0.29, 0.717) is 11.8 Å². The molecule has 2 aromatic heterocycles. The van der Waals surface area contributed by atoms with Gasteiger partial charge in [0.05, 0.1) is 17.2 Å². The number of nitrogens with zero attached hydrogens (tertiary/aromatic N) is 4. The van der Waals surface area contributed by atoms with Gasteiger partial charge in [0.25, 0.3) is 5.91 Å². The summed E-state index contributed by atoms with van der Waals surface area (Å²) < 4.78 is 6.66. The van der Waals surface area contributed by atoms with Crippen LogP contribution in [-0.2, 0) is 4.79 Å². The maximum atomic E-state index is 12.9. The van der Waals surface area contributed by atoms with Gasteiger partial charge in [0.1, 0.15) is 5.76 Å². The lowest BCUT2D eigenvalue weighted by molar-refractivity contribution is -0.122. The lowest BCUT2D eigenvalue weighted by atomic mass is 9.95. The maximum absolute atomic E-state index is 12.9. The first-order valence-corrected chi connectivity index (χ1v) is 11.8. The van der Waals surface area contributed by atoms with Crippen molar-refractivity contribution in [2.24, 2.45) is 5.10 Å². The summed E-state index contributed by atoms with van der Waals surface area (Å²) in [5, 5.41) is 13.9. The van der Waals surface area contributed by atoms with E-state index >= 15 is 0 Å². The molecule has 0 saturated heterocycles. The van der Waals surface area contributed by atoms with Crippen LogP contribution in [0.5, 0.6) is 0 Å². The van der Waals surface area contributed by atoms with Crippen LogP contribution in [0.1, 0.15) is 63.3 Å². The van der Waals surface area contributed by atoms with Crippen LogP contribution in [0.2, 0.25) is 0 Å². The highest BCUT2D eigenvalue weighted by Crippen LogP contribution is 2.39. The Kier molecular flexibility index (Phi) is 6.79. The van der Waals surface area contributed by atoms with E-state index in [0.717, 1.165) is 29.4 Å². The number of amides is 1. The first kappa shape index (κ1) is 22.3. The highest BCUT2D eigenvalue weighted by molar-refractivity contribution is 8.01. The lowest BCUT2D eigenvalue weighted by Gasteiger charge is -2.27. The molecular formula is C24H29N5O2S. The molecule has 0 bridgehead atoms. The van der Waals surface area contributed by atoms with Crippen LogP contribution in [-0.4, -0.2) is 31.6 Å². The van der Waals surface area contributed by atoms with E-state index < -0.39 is 4.75 Å². The molecule has 8 heteroatoms. The molecule has 1 aromatic carbocycles. The highest BCUT2D eigenvalue weighted by Gasteiger charge is 2.33. The Labute approximate surface area is 192 Å². The van der Waals surface area contributed by atoms with Gasteiger partial charge in [0, 0.05) is 11.6 Å². The molecule has 32 heavy (non-hydrogen) atoms. The smallest absolute Gasteiger partial charge is 0.256 e. The van der Waals surface area contributed by atoms with Crippen molar-refractivity contribution in [1.29, 1.82) is 0 Å². The third-order valence-corrected chi connectivity index (χ3v) is 6.87. The predicted molar refractivity (Wildman–Crippen MR) is 127 cm³/mol. The average Bonchev–Trinajstić information content (AvgIpc) is 3.45. The molecule has 2 heterocycles. The first-order valence-electron chi connectivity index (χ1n) is 11.0. The maximum Gasteiger partial charge on any atom is 0.256 e. The fourth-order valence-electron chi connectivity index (χ4n) is 3.84. The Hall–Kier alpha value is -2.87. The largest absolute Gasteiger partial charge is 0.463 e. The molecule has 3 aromatic rings. The normalized spacial score (nSPS) is 15.3. The standard InChI is InChI=1S/C24H29N5O2S/c1-17-11-13-18(14-12-17)21-26-28-23(29(21)19-8-5-4-6-9-19)32-24(2,3)22(30)27-25-16-20-10-7-15-31-20/h7,10-16,19H,4-6,8-9H2,1-3H3,(H,27,30). The highest BCUT2D eigenvalue weighted by atomic mass is 32.2. The Balaban J connectivity index is 1.57. The quantitative estimate of drug-likeness (QED) is 0.296. The van der Waals surface area contributed by atoms with E-state index in [4.69, 9.17) is 4.42 Å². The molecule has 0 spiro atoms. The van der Waals surface area contributed by atoms with Gasteiger partial charge >= 0.3 is 0 Å². The Bertz CT molecular complexity index is 1060. The van der Waals surface area contributed by atoms with Crippen molar-refractivity contribution >= 4 is 23.9 Å². The topological polar surface area (TPSA) is 85.3 Å². The molecule has 168 valence electrons. The SMILES string of the molecule is Cc1ccc(-c2nnc(SC(C)(C)C(=O)NN=Cc3ccco3)n2C2CCCCC2)cc1. The fraction of sp³-hybridized carbons (Fsp3) is 0.417. The molecule has 1 N–H and O–H groups in total. The van der Waals surface area contributed by atoms with Crippen LogP contribution >= 0.6 is 11.8 Å². The van der Waals surface area contributed by atoms with Crippen LogP contribution in [0.15, 0.2) is 57.3 Å². The summed E-state index contributed by atoms with van der Waals surface area (Å²) in [6, 6.07) is 12.3. The van der Waals surface area contributed by atoms with Crippen molar-refractivity contribution < 1.29 is 9.21 Å². The van der Waals surface area contributed by atoms with Crippen molar-refractivity contribution in [2.75, 3.05) is 0 Å². The van der Waals surface area contributed by atoms with Gasteiger partial charge in [-0.2, -0.15) is 5.10 Å². The van der Waals surface area contributed by atoms with Crippen molar-refractivity contribution in [1.82, 2.24) is 20.2 Å². The second kappa shape index (κ2) is 9.73. The van der Waals surface area contributed by atoms with E-state index in [2.05, 4.69) is 56.5 Å². The predicted octanol–water partition coefficient (Wildman–Crippen LogP) is 5.37. The summed E-state index contributed by atoms with van der Waals surface area (Å²) in [4.78, 5) is 12.9. The van der Waals surface area contributed by atoms with Gasteiger partial charge in [0.2, 0.25) is 0 Å². The number of rotatable bonds is 7. The summed E-state index contributed by atoms with van der Waals surface area (Å²) in [6.07, 6.45) is 8.92. The molecule has 0 radical (unpaired) electrons. The minimum Gasteiger partial charge on any atom is -0.463 e. The molecule has 7 nitrogen and oxygen atoms in total. The average molecular weight is 452 g/mol. The number of carbonyl (C=O) groups excluding carboxylic acids is 1. The minimum absolute atomic E-state index is 0.208. The second-order valence-corrected chi connectivity index (χ2v) is 10.3. The Morgan fingerprint density at radius 1 is 1.19 bits per heavy atom. The molecule has 0 unspecified atom stereocenters. The number of nitrogens with one attached hydrogen (secondary N) is 1. The molecule has 1 amide bonds. The zero-order chi connectivity index (χ0) is 22.6. The van der Waals surface area contributed by atoms with Gasteiger partial charge < -0.3 is 4.42 Å². The summed E-state index contributed by atoms with van der Waals surface area (Å²) in [5.41, 5.74) is 4.87. The molecule has 1 aliphatic rings. The number of aryl methyl sites for hydroxylation is 1. The minimum atomic E-state index is -0.787. The molecule has 1 saturated carbocycles. The van der Waals surface area contributed by atoms with E-state index in [1.54, 1.807) is 18.4 Å². The van der Waals surface area contributed by atoms with Gasteiger partial charge in [-0.05, 0) is 45.7 Å². The summed E-state index contributed by atoms with van der Waals surface area (Å²) in [5.74, 6) is 1.24. The summed E-state index contributed by atoms with van der Waals surface area (Å²) in [7, 11) is 0. The number of furan rings is 1. The van der Waals surface area contributed by atoms with Crippen molar-refractivity contribution in [2.45, 2.75) is 68.8 Å². The molecule has 4 rings (SSSR count). The number of aromatic nitrogens is 3. The van der Waals surface area contributed by atoms with Crippen molar-refractivity contribution in [3.05, 3.63) is 54.0 Å². The zero-order valence-corrected chi connectivity index (χ0v) is 19.6. The molecule has 0 aliphatic heterocycles. The van der Waals surface area contributed by atoms with Crippen LogP contribution in [0.4, 0.5) is 0 Å². The molecule has 1 aliphatic carbocycles. The fourth-order valence-corrected chi connectivity index (χ4v) is 4.85. The van der Waals surface area contributed by atoms with E-state index in [9.17, 15) is 4.79 Å². The molecular weight excluding hydrogens is 422 g/mol. The van der Waals surface area contributed by atoms with E-state index in [1.165, 1.54) is 42.8 Å². The monoisotopic (exact) mass is 451 g/mol. The van der Waals surface area contributed by atoms with Gasteiger partial charge in [-0.25, -0.2) is 5.43 Å². The zero-order valence-electron chi connectivity index (χ0n) is 18.7. The molecule has 1 fully saturated rings. The van der Waals surface area contributed by atoms with Crippen LogP contribution < -0.4 is 5.43 Å². The van der Waals surface area contributed by atoms with Gasteiger partial charge in [-0.1, -0.05) is 60.9 Å². The van der Waals surface area contributed by atoms with Crippen molar-refractivity contribution in [3.63, 3.8) is 0 Å². The van der Waals surface area contributed by atoms with Crippen LogP contribution in [0, 0.1) is 6.92 Å². The lowest BCUT2D eigenvalue weighted by Crippen LogP contribution is -2.37. The number of hydrogen-bond donors (Lipinski definition) is 1. The van der Waals surface area contributed by atoms with Gasteiger partial charge in [-0.15, -0.1) is 10.2 Å². The van der Waals surface area contributed by atoms with E-state index in [1.807, 2.05) is 13.8 Å². The molecule has 0 atom stereocenters. The number of benzene rings is 1. The Morgan fingerprint density at radius 2 is 1.94 bits per heavy atom. The number of hydrazone groups is 1. The summed E-state index contributed by atoms with van der Waals surface area (Å²) in [6.45, 7) is 5.83. The van der Waals surface area contributed by atoms with Crippen molar-refractivity contribution in [3.8, 4) is 11.4 Å². The van der Waals surface area contributed by atoms with Gasteiger partial charge in [0.15, 0.2) is 11.0 Å². The third kappa shape index (κ3) is 5.12. The Morgan fingerprint density at radius 3 is 2.62 bits per heavy atom. The van der Waals surface area contributed by atoms with Crippen LogP contribution in [0.3, 0.4) is 0 Å². The first-order chi connectivity index (χ1) is 15.4. The number of thioether (sulfide) groups is 1. The van der Waals surface area contributed by atoms with Gasteiger partial charge in [-0.3, -0.25) is 9.36 Å². The number of hydrogen-bond acceptors (Lipinski definition) is 6. The van der Waals surface area contributed by atoms with Crippen LogP contribution in [0.25, 0.3) is 11.4 Å². The second-order valence-electron chi connectivity index (χ2n) is 8.66.